The number of alkyl halides is 1. The maximum atomic E-state index is 6.54. The molecule has 2 heterocycles. The number of rotatable bonds is 2. The zero-order chi connectivity index (χ0) is 14.3. The lowest BCUT2D eigenvalue weighted by atomic mass is 10.1. The van der Waals surface area contributed by atoms with Crippen molar-refractivity contribution >= 4 is 46.1 Å². The van der Waals surface area contributed by atoms with Gasteiger partial charge in [-0.25, -0.2) is 0 Å². The molecular weight excluding hydrogens is 339 g/mol. The number of hydrogen-bond acceptors (Lipinski definition) is 3. The second-order valence-corrected chi connectivity index (χ2v) is 6.61. The van der Waals surface area contributed by atoms with Gasteiger partial charge in [0.1, 0.15) is 13.2 Å². The van der Waals surface area contributed by atoms with Crippen molar-refractivity contribution in [1.29, 1.82) is 0 Å². The van der Waals surface area contributed by atoms with Gasteiger partial charge >= 0.3 is 0 Å². The van der Waals surface area contributed by atoms with Crippen LogP contribution in [0.2, 0.25) is 10.0 Å². The minimum Gasteiger partial charge on any atom is -0.486 e. The van der Waals surface area contributed by atoms with Gasteiger partial charge < -0.3 is 9.47 Å². The molecule has 2 nitrogen and oxygen atoms in total. The average molecular weight is 350 g/mol. The van der Waals surface area contributed by atoms with E-state index in [9.17, 15) is 0 Å². The van der Waals surface area contributed by atoms with Crippen LogP contribution in [0.15, 0.2) is 17.5 Å². The maximum Gasteiger partial charge on any atom is 0.162 e. The molecule has 2 aromatic rings. The van der Waals surface area contributed by atoms with Crippen LogP contribution in [0.25, 0.3) is 0 Å². The highest BCUT2D eigenvalue weighted by Gasteiger charge is 2.23. The fourth-order valence-electron chi connectivity index (χ4n) is 2.04. The van der Waals surface area contributed by atoms with Gasteiger partial charge in [-0.15, -0.1) is 22.9 Å². The standard InChI is InChI=1S/C14H11Cl3O2S/c1-7-6-20-14(12(7)16)13(17)8-4-10-11(5-9(8)15)19-3-2-18-10/h4-6,13H,2-3H2,1H3. The van der Waals surface area contributed by atoms with Crippen molar-refractivity contribution in [1.82, 2.24) is 0 Å². The second kappa shape index (κ2) is 5.64. The Labute approximate surface area is 136 Å². The van der Waals surface area contributed by atoms with Crippen molar-refractivity contribution in [2.45, 2.75) is 12.3 Å². The smallest absolute Gasteiger partial charge is 0.162 e. The average Bonchev–Trinajstić information content (AvgIpc) is 2.77. The third-order valence-electron chi connectivity index (χ3n) is 3.09. The zero-order valence-electron chi connectivity index (χ0n) is 10.6. The molecule has 0 fully saturated rings. The maximum absolute atomic E-state index is 6.54. The molecule has 1 aliphatic rings. The van der Waals surface area contributed by atoms with Crippen molar-refractivity contribution in [3.63, 3.8) is 0 Å². The Balaban J connectivity index is 2.03. The summed E-state index contributed by atoms with van der Waals surface area (Å²) in [7, 11) is 0. The van der Waals surface area contributed by atoms with Gasteiger partial charge in [-0.05, 0) is 29.5 Å². The molecule has 0 bridgehead atoms. The normalized spacial score (nSPS) is 15.2. The van der Waals surface area contributed by atoms with Crippen molar-refractivity contribution < 1.29 is 9.47 Å². The highest BCUT2D eigenvalue weighted by atomic mass is 35.5. The molecule has 0 saturated heterocycles. The summed E-state index contributed by atoms with van der Waals surface area (Å²) in [4.78, 5) is 0.893. The van der Waals surface area contributed by atoms with E-state index in [1.165, 1.54) is 11.3 Å². The summed E-state index contributed by atoms with van der Waals surface area (Å²) in [5, 5.41) is 2.83. The molecular formula is C14H11Cl3O2S. The molecule has 6 heteroatoms. The molecule has 0 saturated carbocycles. The molecule has 1 aromatic carbocycles. The van der Waals surface area contributed by atoms with Gasteiger partial charge in [-0.2, -0.15) is 0 Å². The van der Waals surface area contributed by atoms with Gasteiger partial charge in [0.15, 0.2) is 11.5 Å². The van der Waals surface area contributed by atoms with Crippen LogP contribution in [-0.2, 0) is 0 Å². The largest absolute Gasteiger partial charge is 0.486 e. The van der Waals surface area contributed by atoms with Crippen molar-refractivity contribution in [3.8, 4) is 11.5 Å². The molecule has 0 amide bonds. The van der Waals surface area contributed by atoms with Crippen LogP contribution in [-0.4, -0.2) is 13.2 Å². The Morgan fingerprint density at radius 2 is 1.80 bits per heavy atom. The lowest BCUT2D eigenvalue weighted by Crippen LogP contribution is -2.15. The highest BCUT2D eigenvalue weighted by molar-refractivity contribution is 7.11. The molecule has 0 N–H and O–H groups in total. The van der Waals surface area contributed by atoms with Crippen LogP contribution < -0.4 is 9.47 Å². The number of hydrogen-bond donors (Lipinski definition) is 0. The van der Waals surface area contributed by atoms with E-state index in [-0.39, 0.29) is 0 Å². The summed E-state index contributed by atoms with van der Waals surface area (Å²) in [6.45, 7) is 3.01. The number of fused-ring (bicyclic) bond motifs is 1. The number of aryl methyl sites for hydroxylation is 1. The first-order valence-electron chi connectivity index (χ1n) is 6.04. The van der Waals surface area contributed by atoms with E-state index in [0.717, 1.165) is 16.0 Å². The van der Waals surface area contributed by atoms with Crippen LogP contribution in [0.1, 0.15) is 21.4 Å². The molecule has 106 valence electrons. The van der Waals surface area contributed by atoms with Crippen LogP contribution in [0.4, 0.5) is 0 Å². The number of thiophene rings is 1. The first-order chi connectivity index (χ1) is 9.58. The molecule has 1 aliphatic heterocycles. The molecule has 1 atom stereocenters. The summed E-state index contributed by atoms with van der Waals surface area (Å²) in [5.74, 6) is 1.33. The Morgan fingerprint density at radius 3 is 2.40 bits per heavy atom. The molecule has 3 rings (SSSR count). The predicted molar refractivity (Wildman–Crippen MR) is 84.2 cm³/mol. The summed E-state index contributed by atoms with van der Waals surface area (Å²) < 4.78 is 11.1. The second-order valence-electron chi connectivity index (χ2n) is 4.48. The predicted octanol–water partition coefficient (Wildman–Crippen LogP) is 5.46. The van der Waals surface area contributed by atoms with Crippen molar-refractivity contribution in [3.05, 3.63) is 43.6 Å². The van der Waals surface area contributed by atoms with Gasteiger partial charge in [0, 0.05) is 16.0 Å². The van der Waals surface area contributed by atoms with E-state index < -0.39 is 5.38 Å². The van der Waals surface area contributed by atoms with Gasteiger partial charge in [0.05, 0.1) is 10.4 Å². The fraction of sp³-hybridized carbons (Fsp3) is 0.286. The van der Waals surface area contributed by atoms with E-state index in [2.05, 4.69) is 0 Å². The van der Waals surface area contributed by atoms with E-state index in [1.807, 2.05) is 18.4 Å². The van der Waals surface area contributed by atoms with Crippen molar-refractivity contribution in [2.75, 3.05) is 13.2 Å². The van der Waals surface area contributed by atoms with E-state index >= 15 is 0 Å². The first kappa shape index (κ1) is 14.3. The third kappa shape index (κ3) is 2.48. The monoisotopic (exact) mass is 348 g/mol. The van der Waals surface area contributed by atoms with Crippen molar-refractivity contribution in [2.24, 2.45) is 0 Å². The lowest BCUT2D eigenvalue weighted by molar-refractivity contribution is 0.171. The third-order valence-corrected chi connectivity index (χ3v) is 5.78. The fourth-order valence-corrected chi connectivity index (χ4v) is 4.15. The molecule has 20 heavy (non-hydrogen) atoms. The Hall–Kier alpha value is -0.610. The Kier molecular flexibility index (Phi) is 4.04. The minimum absolute atomic E-state index is 0.399. The molecule has 0 radical (unpaired) electrons. The van der Waals surface area contributed by atoms with Gasteiger partial charge in [0.2, 0.25) is 0 Å². The number of ether oxygens (including phenoxy) is 2. The quantitative estimate of drug-likeness (QED) is 0.670. The molecule has 0 aliphatic carbocycles. The first-order valence-corrected chi connectivity index (χ1v) is 8.11. The van der Waals surface area contributed by atoms with Gasteiger partial charge in [-0.3, -0.25) is 0 Å². The molecule has 0 spiro atoms. The summed E-state index contributed by atoms with van der Waals surface area (Å²) in [5.41, 5.74) is 1.80. The minimum atomic E-state index is -0.399. The van der Waals surface area contributed by atoms with Crippen LogP contribution in [0.5, 0.6) is 11.5 Å². The van der Waals surface area contributed by atoms with Gasteiger partial charge in [0.25, 0.3) is 0 Å². The van der Waals surface area contributed by atoms with E-state index in [4.69, 9.17) is 44.3 Å². The topological polar surface area (TPSA) is 18.5 Å². The summed E-state index contributed by atoms with van der Waals surface area (Å²) >= 11 is 20.7. The summed E-state index contributed by atoms with van der Waals surface area (Å²) in [6.07, 6.45) is 0. The SMILES string of the molecule is Cc1csc(C(Cl)c2cc3c(cc2Cl)OCCO3)c1Cl. The zero-order valence-corrected chi connectivity index (χ0v) is 13.7. The molecule has 1 unspecified atom stereocenters. The van der Waals surface area contributed by atoms with Crippen LogP contribution >= 0.6 is 46.1 Å². The lowest BCUT2D eigenvalue weighted by Gasteiger charge is -2.21. The highest BCUT2D eigenvalue weighted by Crippen LogP contribution is 2.45. The molecule has 1 aromatic heterocycles. The van der Waals surface area contributed by atoms with E-state index in [1.54, 1.807) is 6.07 Å². The number of benzene rings is 1. The van der Waals surface area contributed by atoms with E-state index in [0.29, 0.717) is 34.8 Å². The van der Waals surface area contributed by atoms with Crippen LogP contribution in [0, 0.1) is 6.92 Å². The Morgan fingerprint density at radius 1 is 1.15 bits per heavy atom. The Bertz CT molecular complexity index is 654. The van der Waals surface area contributed by atoms with Gasteiger partial charge in [-0.1, -0.05) is 23.2 Å². The number of halogens is 3. The van der Waals surface area contributed by atoms with Crippen LogP contribution in [0.3, 0.4) is 0 Å². The summed E-state index contributed by atoms with van der Waals surface area (Å²) in [6, 6.07) is 3.58.